The van der Waals surface area contributed by atoms with Crippen molar-refractivity contribution in [2.24, 2.45) is 5.92 Å². The van der Waals surface area contributed by atoms with Crippen molar-refractivity contribution in [1.29, 1.82) is 0 Å². The Bertz CT molecular complexity index is 403. The van der Waals surface area contributed by atoms with Gasteiger partial charge in [-0.15, -0.1) is 0 Å². The smallest absolute Gasteiger partial charge is 0.320 e. The normalized spacial score (nSPS) is 15.7. The molecule has 4 heteroatoms. The van der Waals surface area contributed by atoms with Crippen molar-refractivity contribution >= 4 is 11.7 Å². The summed E-state index contributed by atoms with van der Waals surface area (Å²) in [6.07, 6.45) is 1.64. The topological polar surface area (TPSA) is 75.3 Å². The highest BCUT2D eigenvalue weighted by Crippen LogP contribution is 2.12. The molecule has 0 spiro atoms. The van der Waals surface area contributed by atoms with Crippen LogP contribution in [0.25, 0.3) is 0 Å². The van der Waals surface area contributed by atoms with Gasteiger partial charge in [-0.3, -0.25) is 4.79 Å². The quantitative estimate of drug-likeness (QED) is 0.660. The molecular weight excluding hydrogens is 240 g/mol. The molecule has 0 amide bonds. The molecule has 1 rings (SSSR count). The van der Waals surface area contributed by atoms with Gasteiger partial charge in [0.25, 0.3) is 0 Å². The van der Waals surface area contributed by atoms with Gasteiger partial charge in [0.1, 0.15) is 6.04 Å². The maximum absolute atomic E-state index is 11.3. The number of nitrogens with two attached hydrogens (primary N) is 1. The Morgan fingerprint density at radius 2 is 1.89 bits per heavy atom. The Hall–Kier alpha value is -1.55. The number of carboxylic acids is 1. The Morgan fingerprint density at radius 1 is 1.32 bits per heavy atom. The molecule has 4 nitrogen and oxygen atoms in total. The minimum atomic E-state index is -0.779. The van der Waals surface area contributed by atoms with Crippen LogP contribution in [0, 0.1) is 5.92 Å². The van der Waals surface area contributed by atoms with Crippen LogP contribution in [-0.2, 0) is 11.2 Å². The van der Waals surface area contributed by atoms with Gasteiger partial charge < -0.3 is 16.2 Å². The lowest BCUT2D eigenvalue weighted by Crippen LogP contribution is -2.46. The van der Waals surface area contributed by atoms with Crippen LogP contribution in [0.2, 0.25) is 0 Å². The van der Waals surface area contributed by atoms with E-state index in [0.717, 1.165) is 24.1 Å². The monoisotopic (exact) mass is 264 g/mol. The molecule has 3 unspecified atom stereocenters. The van der Waals surface area contributed by atoms with Gasteiger partial charge in [-0.1, -0.05) is 32.4 Å². The summed E-state index contributed by atoms with van der Waals surface area (Å²) in [6.45, 7) is 5.98. The molecule has 1 aromatic rings. The number of hydrogen-bond acceptors (Lipinski definition) is 3. The van der Waals surface area contributed by atoms with Crippen molar-refractivity contribution in [3.63, 3.8) is 0 Å². The molecular formula is C15H24N2O2. The van der Waals surface area contributed by atoms with E-state index in [1.54, 1.807) is 0 Å². The molecule has 0 bridgehead atoms. The third kappa shape index (κ3) is 4.91. The largest absolute Gasteiger partial charge is 0.480 e. The van der Waals surface area contributed by atoms with Gasteiger partial charge in [0.2, 0.25) is 0 Å². The lowest BCUT2D eigenvalue weighted by molar-refractivity contribution is -0.141. The van der Waals surface area contributed by atoms with Gasteiger partial charge in [0, 0.05) is 11.7 Å². The molecule has 1 aromatic carbocycles. The number of carbonyl (C=O) groups is 1. The number of nitrogen functional groups attached to an aromatic ring is 1. The second-order valence-electron chi connectivity index (χ2n) is 5.21. The van der Waals surface area contributed by atoms with Crippen LogP contribution in [0.1, 0.15) is 32.8 Å². The second-order valence-corrected chi connectivity index (χ2v) is 5.21. The number of carboxylic acid groups (broad SMARTS) is 1. The Balaban J connectivity index is 2.59. The first-order chi connectivity index (χ1) is 8.93. The highest BCUT2D eigenvalue weighted by Gasteiger charge is 2.24. The standard InChI is InChI=1S/C15H24N2O2/c1-4-10(2)14(15(18)19)17-11(3)9-12-5-7-13(16)8-6-12/h5-8,10-11,14,17H,4,9,16H2,1-3H3,(H,18,19). The Morgan fingerprint density at radius 3 is 2.37 bits per heavy atom. The SMILES string of the molecule is CCC(C)C(NC(C)Cc1ccc(N)cc1)C(=O)O. The average Bonchev–Trinajstić information content (AvgIpc) is 2.37. The summed E-state index contributed by atoms with van der Waals surface area (Å²) in [5, 5.41) is 12.4. The van der Waals surface area contributed by atoms with Gasteiger partial charge in [0.15, 0.2) is 0 Å². The van der Waals surface area contributed by atoms with Crippen molar-refractivity contribution in [3.05, 3.63) is 29.8 Å². The fourth-order valence-corrected chi connectivity index (χ4v) is 2.09. The van der Waals surface area contributed by atoms with Crippen molar-refractivity contribution in [3.8, 4) is 0 Å². The number of rotatable bonds is 7. The van der Waals surface area contributed by atoms with E-state index in [2.05, 4.69) is 5.32 Å². The van der Waals surface area contributed by atoms with Crippen molar-refractivity contribution in [1.82, 2.24) is 5.32 Å². The van der Waals surface area contributed by atoms with Crippen molar-refractivity contribution in [2.45, 2.75) is 45.7 Å². The molecule has 0 aliphatic rings. The fraction of sp³-hybridized carbons (Fsp3) is 0.533. The minimum absolute atomic E-state index is 0.110. The summed E-state index contributed by atoms with van der Waals surface area (Å²) in [7, 11) is 0. The van der Waals surface area contributed by atoms with E-state index in [1.165, 1.54) is 0 Å². The number of hydrogen-bond donors (Lipinski definition) is 3. The maximum Gasteiger partial charge on any atom is 0.320 e. The molecule has 3 atom stereocenters. The molecule has 0 saturated heterocycles. The van der Waals surface area contributed by atoms with Crippen LogP contribution >= 0.6 is 0 Å². The number of benzene rings is 1. The summed E-state index contributed by atoms with van der Waals surface area (Å²) in [4.78, 5) is 11.3. The predicted molar refractivity (Wildman–Crippen MR) is 78.0 cm³/mol. The molecule has 0 saturated carbocycles. The zero-order valence-corrected chi connectivity index (χ0v) is 11.9. The first-order valence-electron chi connectivity index (χ1n) is 6.77. The first-order valence-corrected chi connectivity index (χ1v) is 6.77. The molecule has 0 aliphatic heterocycles. The van der Waals surface area contributed by atoms with E-state index < -0.39 is 12.0 Å². The molecule has 0 heterocycles. The molecule has 0 radical (unpaired) electrons. The number of aliphatic carboxylic acids is 1. The molecule has 0 fully saturated rings. The molecule has 19 heavy (non-hydrogen) atoms. The zero-order valence-electron chi connectivity index (χ0n) is 11.9. The van der Waals surface area contributed by atoms with Crippen molar-refractivity contribution < 1.29 is 9.90 Å². The minimum Gasteiger partial charge on any atom is -0.480 e. The number of nitrogens with one attached hydrogen (secondary N) is 1. The summed E-state index contributed by atoms with van der Waals surface area (Å²) in [5.41, 5.74) is 7.54. The van der Waals surface area contributed by atoms with Crippen LogP contribution in [0.15, 0.2) is 24.3 Å². The summed E-state index contributed by atoms with van der Waals surface area (Å²) in [5.74, 6) is -0.662. The summed E-state index contributed by atoms with van der Waals surface area (Å²) in [6, 6.07) is 7.31. The molecule has 106 valence electrons. The predicted octanol–water partition coefficient (Wildman–Crippen LogP) is 2.29. The van der Waals surface area contributed by atoms with E-state index >= 15 is 0 Å². The van der Waals surface area contributed by atoms with Gasteiger partial charge in [-0.25, -0.2) is 0 Å². The second kappa shape index (κ2) is 7.14. The average molecular weight is 264 g/mol. The lowest BCUT2D eigenvalue weighted by Gasteiger charge is -2.24. The van der Waals surface area contributed by atoms with Gasteiger partial charge >= 0.3 is 5.97 Å². The molecule has 0 aliphatic carbocycles. The van der Waals surface area contributed by atoms with Crippen LogP contribution in [0.3, 0.4) is 0 Å². The van der Waals surface area contributed by atoms with Gasteiger partial charge in [0.05, 0.1) is 0 Å². The van der Waals surface area contributed by atoms with E-state index in [9.17, 15) is 9.90 Å². The van der Waals surface area contributed by atoms with Crippen LogP contribution in [0.4, 0.5) is 5.69 Å². The maximum atomic E-state index is 11.3. The Labute approximate surface area is 115 Å². The fourth-order valence-electron chi connectivity index (χ4n) is 2.09. The summed E-state index contributed by atoms with van der Waals surface area (Å²) >= 11 is 0. The van der Waals surface area contributed by atoms with Crippen molar-refractivity contribution in [2.75, 3.05) is 5.73 Å². The Kier molecular flexibility index (Phi) is 5.83. The lowest BCUT2D eigenvalue weighted by atomic mass is 9.97. The third-order valence-electron chi connectivity index (χ3n) is 3.46. The summed E-state index contributed by atoms with van der Waals surface area (Å²) < 4.78 is 0. The zero-order chi connectivity index (χ0) is 14.4. The molecule has 0 aromatic heterocycles. The van der Waals surface area contributed by atoms with E-state index in [4.69, 9.17) is 5.73 Å². The first kappa shape index (κ1) is 15.5. The number of anilines is 1. The van der Waals surface area contributed by atoms with E-state index in [-0.39, 0.29) is 12.0 Å². The highest BCUT2D eigenvalue weighted by atomic mass is 16.4. The van der Waals surface area contributed by atoms with Gasteiger partial charge in [-0.05, 0) is 37.0 Å². The third-order valence-corrected chi connectivity index (χ3v) is 3.46. The highest BCUT2D eigenvalue weighted by molar-refractivity contribution is 5.73. The van der Waals surface area contributed by atoms with Gasteiger partial charge in [-0.2, -0.15) is 0 Å². The molecule has 4 N–H and O–H groups in total. The van der Waals surface area contributed by atoms with Crippen LogP contribution in [-0.4, -0.2) is 23.2 Å². The van der Waals surface area contributed by atoms with E-state index in [1.807, 2.05) is 45.0 Å². The van der Waals surface area contributed by atoms with Crippen LogP contribution < -0.4 is 11.1 Å². The van der Waals surface area contributed by atoms with Crippen LogP contribution in [0.5, 0.6) is 0 Å². The van der Waals surface area contributed by atoms with E-state index in [0.29, 0.717) is 0 Å².